The SMILES string of the molecule is O=C([C@@H]1C[C@@H]1c1cccc(Br)c1)N1CCCCC1. The molecule has 18 heavy (non-hydrogen) atoms. The van der Waals surface area contributed by atoms with Crippen LogP contribution in [-0.2, 0) is 4.79 Å². The summed E-state index contributed by atoms with van der Waals surface area (Å²) in [4.78, 5) is 14.4. The number of rotatable bonds is 2. The predicted molar refractivity (Wildman–Crippen MR) is 75.4 cm³/mol. The van der Waals surface area contributed by atoms with E-state index in [1.54, 1.807) is 0 Å². The molecule has 2 aliphatic rings. The van der Waals surface area contributed by atoms with Gasteiger partial charge in [-0.1, -0.05) is 28.1 Å². The fourth-order valence-electron chi connectivity index (χ4n) is 2.92. The fraction of sp³-hybridized carbons (Fsp3) is 0.533. The van der Waals surface area contributed by atoms with Crippen molar-refractivity contribution in [1.82, 2.24) is 4.90 Å². The van der Waals surface area contributed by atoms with Gasteiger partial charge in [-0.3, -0.25) is 4.79 Å². The summed E-state index contributed by atoms with van der Waals surface area (Å²) in [6.07, 6.45) is 4.68. The van der Waals surface area contributed by atoms with Crippen LogP contribution in [0.1, 0.15) is 37.2 Å². The van der Waals surface area contributed by atoms with Gasteiger partial charge in [0, 0.05) is 23.5 Å². The van der Waals surface area contributed by atoms with Gasteiger partial charge < -0.3 is 4.90 Å². The molecule has 2 nitrogen and oxygen atoms in total. The highest BCUT2D eigenvalue weighted by atomic mass is 79.9. The first-order chi connectivity index (χ1) is 8.75. The first-order valence-electron chi connectivity index (χ1n) is 6.80. The molecule has 0 bridgehead atoms. The normalized spacial score (nSPS) is 27.1. The van der Waals surface area contributed by atoms with Crippen molar-refractivity contribution in [3.63, 3.8) is 0 Å². The lowest BCUT2D eigenvalue weighted by molar-refractivity contribution is -0.133. The molecule has 0 N–H and O–H groups in total. The third-order valence-electron chi connectivity index (χ3n) is 4.05. The van der Waals surface area contributed by atoms with E-state index in [1.165, 1.54) is 24.8 Å². The second-order valence-corrected chi connectivity index (χ2v) is 6.31. The van der Waals surface area contributed by atoms with Gasteiger partial charge in [-0.2, -0.15) is 0 Å². The highest BCUT2D eigenvalue weighted by Gasteiger charge is 2.45. The third-order valence-corrected chi connectivity index (χ3v) is 4.55. The van der Waals surface area contributed by atoms with Crippen molar-refractivity contribution in [2.75, 3.05) is 13.1 Å². The van der Waals surface area contributed by atoms with E-state index in [9.17, 15) is 4.79 Å². The molecular weight excluding hydrogens is 290 g/mol. The van der Waals surface area contributed by atoms with Crippen LogP contribution >= 0.6 is 15.9 Å². The zero-order chi connectivity index (χ0) is 12.5. The van der Waals surface area contributed by atoms with Crippen LogP contribution < -0.4 is 0 Å². The molecule has 0 spiro atoms. The second kappa shape index (κ2) is 5.04. The van der Waals surface area contributed by atoms with Gasteiger partial charge in [-0.05, 0) is 49.3 Å². The van der Waals surface area contributed by atoms with E-state index in [-0.39, 0.29) is 5.92 Å². The van der Waals surface area contributed by atoms with Crippen LogP contribution in [0.15, 0.2) is 28.7 Å². The predicted octanol–water partition coefficient (Wildman–Crippen LogP) is 3.57. The molecule has 1 aromatic rings. The van der Waals surface area contributed by atoms with Gasteiger partial charge in [0.25, 0.3) is 0 Å². The minimum atomic E-state index is 0.248. The maximum atomic E-state index is 12.3. The fourth-order valence-corrected chi connectivity index (χ4v) is 3.34. The number of carbonyl (C=O) groups excluding carboxylic acids is 1. The van der Waals surface area contributed by atoms with Crippen LogP contribution in [0.4, 0.5) is 0 Å². The summed E-state index contributed by atoms with van der Waals surface area (Å²) in [5.74, 6) is 1.09. The van der Waals surface area contributed by atoms with Gasteiger partial charge in [0.2, 0.25) is 5.91 Å². The molecule has 2 atom stereocenters. The van der Waals surface area contributed by atoms with E-state index in [0.29, 0.717) is 11.8 Å². The number of amides is 1. The Balaban J connectivity index is 1.64. The number of nitrogens with zero attached hydrogens (tertiary/aromatic N) is 1. The third kappa shape index (κ3) is 2.46. The maximum absolute atomic E-state index is 12.3. The van der Waals surface area contributed by atoms with Crippen molar-refractivity contribution >= 4 is 21.8 Å². The summed E-state index contributed by atoms with van der Waals surface area (Å²) >= 11 is 3.50. The molecule has 96 valence electrons. The number of hydrogen-bond donors (Lipinski definition) is 0. The maximum Gasteiger partial charge on any atom is 0.226 e. The van der Waals surface area contributed by atoms with Crippen LogP contribution in [0, 0.1) is 5.92 Å². The zero-order valence-corrected chi connectivity index (χ0v) is 12.0. The van der Waals surface area contributed by atoms with E-state index in [4.69, 9.17) is 0 Å². The number of hydrogen-bond acceptors (Lipinski definition) is 1. The molecule has 1 amide bonds. The minimum absolute atomic E-state index is 0.248. The average Bonchev–Trinajstić information content (AvgIpc) is 3.19. The van der Waals surface area contributed by atoms with E-state index in [2.05, 4.69) is 39.0 Å². The Morgan fingerprint density at radius 3 is 2.72 bits per heavy atom. The first-order valence-corrected chi connectivity index (χ1v) is 7.59. The molecule has 1 saturated heterocycles. The topological polar surface area (TPSA) is 20.3 Å². The van der Waals surface area contributed by atoms with E-state index in [0.717, 1.165) is 24.0 Å². The highest BCUT2D eigenvalue weighted by Crippen LogP contribution is 2.49. The number of carbonyl (C=O) groups is 1. The molecule has 1 heterocycles. The summed E-state index contributed by atoms with van der Waals surface area (Å²) in [6, 6.07) is 8.38. The lowest BCUT2D eigenvalue weighted by atomic mass is 10.1. The van der Waals surface area contributed by atoms with Crippen molar-refractivity contribution in [3.05, 3.63) is 34.3 Å². The standard InChI is InChI=1S/C15H18BrNO/c16-12-6-4-5-11(9-12)13-10-14(13)15(18)17-7-2-1-3-8-17/h4-6,9,13-14H,1-3,7-8,10H2/t13-,14-/m1/s1. The van der Waals surface area contributed by atoms with Gasteiger partial charge in [-0.15, -0.1) is 0 Å². The Bertz CT molecular complexity index is 454. The molecule has 3 heteroatoms. The summed E-state index contributed by atoms with van der Waals surface area (Å²) in [6.45, 7) is 1.95. The van der Waals surface area contributed by atoms with Gasteiger partial charge in [0.05, 0.1) is 0 Å². The highest BCUT2D eigenvalue weighted by molar-refractivity contribution is 9.10. The second-order valence-electron chi connectivity index (χ2n) is 5.39. The van der Waals surface area contributed by atoms with Crippen LogP contribution in [0.5, 0.6) is 0 Å². The minimum Gasteiger partial charge on any atom is -0.342 e. The molecule has 0 aromatic heterocycles. The smallest absolute Gasteiger partial charge is 0.226 e. The Kier molecular flexibility index (Phi) is 3.42. The zero-order valence-electron chi connectivity index (χ0n) is 10.4. The Morgan fingerprint density at radius 2 is 2.00 bits per heavy atom. The molecule has 3 rings (SSSR count). The van der Waals surface area contributed by atoms with Gasteiger partial charge >= 0.3 is 0 Å². The average molecular weight is 308 g/mol. The summed E-state index contributed by atoms with van der Waals surface area (Å²) < 4.78 is 1.11. The molecule has 1 saturated carbocycles. The lowest BCUT2D eigenvalue weighted by Crippen LogP contribution is -2.36. The molecule has 0 radical (unpaired) electrons. The largest absolute Gasteiger partial charge is 0.342 e. The summed E-state index contributed by atoms with van der Waals surface area (Å²) in [5, 5.41) is 0. The van der Waals surface area contributed by atoms with Crippen molar-refractivity contribution in [2.45, 2.75) is 31.6 Å². The number of benzene rings is 1. The van der Waals surface area contributed by atoms with Gasteiger partial charge in [0.15, 0.2) is 0 Å². The Labute approximate surface area is 116 Å². The van der Waals surface area contributed by atoms with Crippen molar-refractivity contribution in [3.8, 4) is 0 Å². The lowest BCUT2D eigenvalue weighted by Gasteiger charge is -2.26. The van der Waals surface area contributed by atoms with Crippen LogP contribution in [0.2, 0.25) is 0 Å². The van der Waals surface area contributed by atoms with Gasteiger partial charge in [-0.25, -0.2) is 0 Å². The van der Waals surface area contributed by atoms with E-state index < -0.39 is 0 Å². The van der Waals surface area contributed by atoms with Crippen LogP contribution in [-0.4, -0.2) is 23.9 Å². The first kappa shape index (κ1) is 12.2. The molecular formula is C15H18BrNO. The number of likely N-dealkylation sites (tertiary alicyclic amines) is 1. The van der Waals surface area contributed by atoms with E-state index in [1.807, 2.05) is 6.07 Å². The van der Waals surface area contributed by atoms with Crippen LogP contribution in [0.25, 0.3) is 0 Å². The molecule has 1 aromatic carbocycles. The van der Waals surface area contributed by atoms with E-state index >= 15 is 0 Å². The molecule has 1 aliphatic heterocycles. The quantitative estimate of drug-likeness (QED) is 0.818. The Morgan fingerprint density at radius 1 is 1.22 bits per heavy atom. The number of halogens is 1. The Hall–Kier alpha value is -0.830. The van der Waals surface area contributed by atoms with Gasteiger partial charge in [0.1, 0.15) is 0 Å². The van der Waals surface area contributed by atoms with Crippen molar-refractivity contribution in [1.29, 1.82) is 0 Å². The molecule has 2 fully saturated rings. The molecule has 1 aliphatic carbocycles. The van der Waals surface area contributed by atoms with Crippen molar-refractivity contribution < 1.29 is 4.79 Å². The molecule has 0 unspecified atom stereocenters. The van der Waals surface area contributed by atoms with Crippen LogP contribution in [0.3, 0.4) is 0 Å². The summed E-state index contributed by atoms with van der Waals surface area (Å²) in [5.41, 5.74) is 1.31. The monoisotopic (exact) mass is 307 g/mol. The summed E-state index contributed by atoms with van der Waals surface area (Å²) in [7, 11) is 0. The van der Waals surface area contributed by atoms with Crippen molar-refractivity contribution in [2.24, 2.45) is 5.92 Å². The number of piperidine rings is 1.